The third-order valence-electron chi connectivity index (χ3n) is 2.54. The molecule has 0 aliphatic carbocycles. The first-order chi connectivity index (χ1) is 9.08. The monoisotopic (exact) mass is 268 g/mol. The molecular formula is C14H11F3O2. The second kappa shape index (κ2) is 5.75. The van der Waals surface area contributed by atoms with Gasteiger partial charge < -0.3 is 9.84 Å². The maximum Gasteiger partial charge on any atom is 0.132 e. The number of aliphatic hydroxyl groups excluding tert-OH is 1. The SMILES string of the molecule is OC(COc1cccc(F)c1)c1c(F)cccc1F. The third kappa shape index (κ3) is 3.26. The van der Waals surface area contributed by atoms with Gasteiger partial charge >= 0.3 is 0 Å². The zero-order valence-corrected chi connectivity index (χ0v) is 9.82. The summed E-state index contributed by atoms with van der Waals surface area (Å²) in [5.74, 6) is -2.02. The average Bonchev–Trinajstić information content (AvgIpc) is 2.36. The molecule has 0 bridgehead atoms. The lowest BCUT2D eigenvalue weighted by Gasteiger charge is -2.14. The van der Waals surface area contributed by atoms with Crippen molar-refractivity contribution in [3.63, 3.8) is 0 Å². The van der Waals surface area contributed by atoms with Crippen LogP contribution in [-0.4, -0.2) is 11.7 Å². The molecule has 1 unspecified atom stereocenters. The second-order valence-electron chi connectivity index (χ2n) is 3.92. The van der Waals surface area contributed by atoms with Gasteiger partial charge in [-0.05, 0) is 24.3 Å². The fraction of sp³-hybridized carbons (Fsp3) is 0.143. The van der Waals surface area contributed by atoms with Crippen LogP contribution in [0, 0.1) is 17.5 Å². The van der Waals surface area contributed by atoms with Crippen molar-refractivity contribution in [2.24, 2.45) is 0 Å². The fourth-order valence-corrected chi connectivity index (χ4v) is 1.64. The maximum absolute atomic E-state index is 13.4. The highest BCUT2D eigenvalue weighted by atomic mass is 19.1. The molecule has 0 spiro atoms. The maximum atomic E-state index is 13.4. The highest BCUT2D eigenvalue weighted by Crippen LogP contribution is 2.22. The summed E-state index contributed by atoms with van der Waals surface area (Å²) in [7, 11) is 0. The van der Waals surface area contributed by atoms with Crippen LogP contribution < -0.4 is 4.74 Å². The van der Waals surface area contributed by atoms with Crippen LogP contribution >= 0.6 is 0 Å². The van der Waals surface area contributed by atoms with Gasteiger partial charge in [0.2, 0.25) is 0 Å². The quantitative estimate of drug-likeness (QED) is 0.922. The summed E-state index contributed by atoms with van der Waals surface area (Å²) in [4.78, 5) is 0. The molecule has 0 fully saturated rings. The van der Waals surface area contributed by atoms with Crippen LogP contribution in [0.15, 0.2) is 42.5 Å². The number of halogens is 3. The molecule has 0 heterocycles. The highest BCUT2D eigenvalue weighted by Gasteiger charge is 2.18. The number of aliphatic hydroxyl groups is 1. The Hall–Kier alpha value is -2.01. The summed E-state index contributed by atoms with van der Waals surface area (Å²) in [6.07, 6.45) is -1.47. The van der Waals surface area contributed by atoms with E-state index in [0.717, 1.165) is 18.2 Å². The van der Waals surface area contributed by atoms with Gasteiger partial charge in [0.1, 0.15) is 35.9 Å². The summed E-state index contributed by atoms with van der Waals surface area (Å²) in [5.41, 5.74) is -0.459. The van der Waals surface area contributed by atoms with Crippen molar-refractivity contribution in [3.05, 3.63) is 65.5 Å². The van der Waals surface area contributed by atoms with Crippen LogP contribution in [0.2, 0.25) is 0 Å². The number of ether oxygens (including phenoxy) is 1. The molecule has 2 aromatic carbocycles. The van der Waals surface area contributed by atoms with Crippen molar-refractivity contribution in [1.29, 1.82) is 0 Å². The number of hydrogen-bond acceptors (Lipinski definition) is 2. The van der Waals surface area contributed by atoms with Gasteiger partial charge in [-0.3, -0.25) is 0 Å². The molecule has 0 saturated heterocycles. The van der Waals surface area contributed by atoms with Crippen LogP contribution in [0.1, 0.15) is 11.7 Å². The Bertz CT molecular complexity index is 552. The summed E-state index contributed by atoms with van der Waals surface area (Å²) in [5, 5.41) is 9.71. The zero-order valence-electron chi connectivity index (χ0n) is 9.82. The Balaban J connectivity index is 2.07. The van der Waals surface area contributed by atoms with Crippen LogP contribution in [0.4, 0.5) is 13.2 Å². The van der Waals surface area contributed by atoms with E-state index >= 15 is 0 Å². The molecule has 0 saturated carbocycles. The van der Waals surface area contributed by atoms with E-state index in [2.05, 4.69) is 0 Å². The van der Waals surface area contributed by atoms with E-state index in [4.69, 9.17) is 4.74 Å². The molecule has 2 aromatic rings. The summed E-state index contributed by atoms with van der Waals surface area (Å²) >= 11 is 0. The Labute approximate surface area is 108 Å². The van der Waals surface area contributed by atoms with Gasteiger partial charge in [-0.25, -0.2) is 13.2 Å². The smallest absolute Gasteiger partial charge is 0.132 e. The summed E-state index contributed by atoms with van der Waals surface area (Å²) in [6.45, 7) is -0.374. The minimum absolute atomic E-state index is 0.177. The van der Waals surface area contributed by atoms with Crippen LogP contribution in [0.3, 0.4) is 0 Å². The number of hydrogen-bond donors (Lipinski definition) is 1. The Morgan fingerprint density at radius 1 is 1.00 bits per heavy atom. The van der Waals surface area contributed by atoms with Crippen molar-refractivity contribution in [2.75, 3.05) is 6.61 Å². The van der Waals surface area contributed by atoms with E-state index in [-0.39, 0.29) is 12.4 Å². The average molecular weight is 268 g/mol. The first kappa shape index (κ1) is 13.4. The van der Waals surface area contributed by atoms with Crippen LogP contribution in [-0.2, 0) is 0 Å². The first-order valence-electron chi connectivity index (χ1n) is 5.58. The van der Waals surface area contributed by atoms with E-state index in [1.807, 2.05) is 0 Å². The van der Waals surface area contributed by atoms with Crippen molar-refractivity contribution < 1.29 is 23.0 Å². The molecule has 0 aliphatic rings. The zero-order chi connectivity index (χ0) is 13.8. The van der Waals surface area contributed by atoms with E-state index in [1.54, 1.807) is 0 Å². The van der Waals surface area contributed by atoms with Gasteiger partial charge in [0.15, 0.2) is 0 Å². The van der Waals surface area contributed by atoms with Gasteiger partial charge in [0.05, 0.1) is 5.56 Å². The molecule has 0 aromatic heterocycles. The summed E-state index contributed by atoms with van der Waals surface area (Å²) < 4.78 is 44.7. The molecule has 0 amide bonds. The van der Waals surface area contributed by atoms with Crippen molar-refractivity contribution >= 4 is 0 Å². The molecule has 5 heteroatoms. The lowest BCUT2D eigenvalue weighted by Crippen LogP contribution is -2.13. The summed E-state index contributed by atoms with van der Waals surface area (Å²) in [6, 6.07) is 8.56. The van der Waals surface area contributed by atoms with Gasteiger partial charge in [-0.1, -0.05) is 12.1 Å². The van der Waals surface area contributed by atoms with Gasteiger partial charge in [0, 0.05) is 6.07 Å². The molecule has 100 valence electrons. The Morgan fingerprint density at radius 2 is 1.63 bits per heavy atom. The van der Waals surface area contributed by atoms with Crippen LogP contribution in [0.25, 0.3) is 0 Å². The fourth-order valence-electron chi connectivity index (χ4n) is 1.64. The van der Waals surface area contributed by atoms with Crippen molar-refractivity contribution in [2.45, 2.75) is 6.10 Å². The minimum Gasteiger partial charge on any atom is -0.490 e. The van der Waals surface area contributed by atoms with Crippen LogP contribution in [0.5, 0.6) is 5.75 Å². The lowest BCUT2D eigenvalue weighted by atomic mass is 10.1. The molecule has 0 aliphatic heterocycles. The molecule has 1 N–H and O–H groups in total. The van der Waals surface area contributed by atoms with Crippen molar-refractivity contribution in [1.82, 2.24) is 0 Å². The van der Waals surface area contributed by atoms with E-state index in [0.29, 0.717) is 0 Å². The number of rotatable bonds is 4. The molecule has 2 rings (SSSR count). The highest BCUT2D eigenvalue weighted by molar-refractivity contribution is 5.24. The molecule has 2 nitrogen and oxygen atoms in total. The van der Waals surface area contributed by atoms with Gasteiger partial charge in [0.25, 0.3) is 0 Å². The topological polar surface area (TPSA) is 29.5 Å². The molecule has 0 radical (unpaired) electrons. The predicted molar refractivity (Wildman–Crippen MR) is 63.2 cm³/mol. The van der Waals surface area contributed by atoms with E-state index < -0.39 is 29.1 Å². The second-order valence-corrected chi connectivity index (χ2v) is 3.92. The van der Waals surface area contributed by atoms with Gasteiger partial charge in [-0.15, -0.1) is 0 Å². The van der Waals surface area contributed by atoms with E-state index in [1.165, 1.54) is 24.3 Å². The molecule has 19 heavy (non-hydrogen) atoms. The standard InChI is InChI=1S/C14H11F3O2/c15-9-3-1-4-10(7-9)19-8-13(18)14-11(16)5-2-6-12(14)17/h1-7,13,18H,8H2. The first-order valence-corrected chi connectivity index (χ1v) is 5.58. The largest absolute Gasteiger partial charge is 0.490 e. The van der Waals surface area contributed by atoms with Gasteiger partial charge in [-0.2, -0.15) is 0 Å². The minimum atomic E-state index is -1.47. The molecular weight excluding hydrogens is 257 g/mol. The third-order valence-corrected chi connectivity index (χ3v) is 2.54. The Morgan fingerprint density at radius 3 is 2.26 bits per heavy atom. The lowest BCUT2D eigenvalue weighted by molar-refractivity contribution is 0.101. The predicted octanol–water partition coefficient (Wildman–Crippen LogP) is 3.22. The van der Waals surface area contributed by atoms with E-state index in [9.17, 15) is 18.3 Å². The Kier molecular flexibility index (Phi) is 4.06. The molecule has 1 atom stereocenters. The normalized spacial score (nSPS) is 12.2. The number of benzene rings is 2. The van der Waals surface area contributed by atoms with Crippen molar-refractivity contribution in [3.8, 4) is 5.75 Å².